The topological polar surface area (TPSA) is 75.9 Å². The van der Waals surface area contributed by atoms with Gasteiger partial charge in [-0.25, -0.2) is 8.42 Å². The van der Waals surface area contributed by atoms with Gasteiger partial charge < -0.3 is 10.5 Å². The lowest BCUT2D eigenvalue weighted by Crippen LogP contribution is -2.56. The van der Waals surface area contributed by atoms with Crippen LogP contribution in [0.5, 0.6) is 5.75 Å². The number of nitrogen functional groups attached to an aromatic ring is 1. The molecule has 0 aromatic heterocycles. The zero-order valence-electron chi connectivity index (χ0n) is 12.9. The number of hydrogen-bond donors (Lipinski definition) is 1. The van der Waals surface area contributed by atoms with Gasteiger partial charge in [0.05, 0.1) is 7.11 Å². The molecule has 0 bridgehead atoms. The molecule has 2 atom stereocenters. The molecule has 1 heterocycles. The van der Waals surface area contributed by atoms with Crippen LogP contribution in [0.1, 0.15) is 13.8 Å². The zero-order chi connectivity index (χ0) is 15.8. The molecule has 118 valence electrons. The maximum Gasteiger partial charge on any atom is 0.246 e. The van der Waals surface area contributed by atoms with Crippen LogP contribution >= 0.6 is 0 Å². The Morgan fingerprint density at radius 3 is 2.33 bits per heavy atom. The molecule has 6 nitrogen and oxygen atoms in total. The molecule has 2 rings (SSSR count). The third-order valence-electron chi connectivity index (χ3n) is 4.13. The number of hydrogen-bond acceptors (Lipinski definition) is 5. The van der Waals surface area contributed by atoms with E-state index in [-0.39, 0.29) is 22.7 Å². The van der Waals surface area contributed by atoms with E-state index in [1.165, 1.54) is 23.5 Å². The number of sulfonamides is 1. The minimum absolute atomic E-state index is 0.170. The van der Waals surface area contributed by atoms with E-state index in [9.17, 15) is 8.42 Å². The van der Waals surface area contributed by atoms with E-state index in [1.54, 1.807) is 6.07 Å². The number of piperazine rings is 1. The van der Waals surface area contributed by atoms with Crippen LogP contribution in [0.4, 0.5) is 5.69 Å². The highest BCUT2D eigenvalue weighted by atomic mass is 32.2. The number of benzene rings is 1. The number of rotatable bonds is 3. The maximum atomic E-state index is 12.9. The summed E-state index contributed by atoms with van der Waals surface area (Å²) in [7, 11) is -0.120. The van der Waals surface area contributed by atoms with Gasteiger partial charge in [-0.15, -0.1) is 0 Å². The first-order chi connectivity index (χ1) is 9.77. The molecule has 0 spiro atoms. The SMILES string of the molecule is COc1cc(N)ccc1S(=O)(=O)N1CC(C)N(C)C(C)C1. The lowest BCUT2D eigenvalue weighted by Gasteiger charge is -2.41. The van der Waals surface area contributed by atoms with E-state index in [0.29, 0.717) is 18.8 Å². The van der Waals surface area contributed by atoms with Crippen molar-refractivity contribution < 1.29 is 13.2 Å². The summed E-state index contributed by atoms with van der Waals surface area (Å²) in [6.07, 6.45) is 0. The minimum Gasteiger partial charge on any atom is -0.495 e. The summed E-state index contributed by atoms with van der Waals surface area (Å²) in [6, 6.07) is 4.97. The summed E-state index contributed by atoms with van der Waals surface area (Å²) in [5.41, 5.74) is 6.17. The number of likely N-dealkylation sites (N-methyl/N-ethyl adjacent to an activating group) is 1. The van der Waals surface area contributed by atoms with E-state index in [0.717, 1.165) is 0 Å². The van der Waals surface area contributed by atoms with Crippen LogP contribution in [0.3, 0.4) is 0 Å². The second-order valence-electron chi connectivity index (χ2n) is 5.60. The molecule has 0 saturated carbocycles. The third-order valence-corrected chi connectivity index (χ3v) is 6.00. The van der Waals surface area contributed by atoms with E-state index < -0.39 is 10.0 Å². The standard InChI is InChI=1S/C14H23N3O3S/c1-10-8-17(9-11(2)16(10)3)21(18,19)14-6-5-12(15)7-13(14)20-4/h5-7,10-11H,8-9,15H2,1-4H3. The second kappa shape index (κ2) is 5.82. The fraction of sp³-hybridized carbons (Fsp3) is 0.571. The summed E-state index contributed by atoms with van der Waals surface area (Å²) >= 11 is 0. The molecule has 0 aliphatic carbocycles. The summed E-state index contributed by atoms with van der Waals surface area (Å²) in [5.74, 6) is 0.286. The van der Waals surface area contributed by atoms with Crippen LogP contribution in [0.25, 0.3) is 0 Å². The van der Waals surface area contributed by atoms with Crippen molar-refractivity contribution in [1.82, 2.24) is 9.21 Å². The molecule has 1 aliphatic rings. The Balaban J connectivity index is 2.39. The Hall–Kier alpha value is -1.31. The monoisotopic (exact) mass is 313 g/mol. The Labute approximate surface area is 126 Å². The molecule has 7 heteroatoms. The van der Waals surface area contributed by atoms with Gasteiger partial charge in [0.2, 0.25) is 10.0 Å². The van der Waals surface area contributed by atoms with Gasteiger partial charge >= 0.3 is 0 Å². The van der Waals surface area contributed by atoms with Gasteiger partial charge in [0.25, 0.3) is 0 Å². The number of anilines is 1. The van der Waals surface area contributed by atoms with Crippen LogP contribution in [-0.2, 0) is 10.0 Å². The molecule has 1 aliphatic heterocycles. The predicted molar refractivity (Wildman–Crippen MR) is 82.9 cm³/mol. The molecular weight excluding hydrogens is 290 g/mol. The Kier molecular flexibility index (Phi) is 4.46. The summed E-state index contributed by atoms with van der Waals surface area (Å²) in [5, 5.41) is 0. The van der Waals surface area contributed by atoms with Crippen LogP contribution in [-0.4, -0.2) is 57.0 Å². The van der Waals surface area contributed by atoms with E-state index >= 15 is 0 Å². The maximum absolute atomic E-state index is 12.9. The van der Waals surface area contributed by atoms with Crippen molar-refractivity contribution >= 4 is 15.7 Å². The molecule has 2 N–H and O–H groups in total. The molecule has 21 heavy (non-hydrogen) atoms. The van der Waals surface area contributed by atoms with Crippen molar-refractivity contribution in [2.75, 3.05) is 33.0 Å². The van der Waals surface area contributed by atoms with Crippen molar-refractivity contribution in [2.45, 2.75) is 30.8 Å². The molecule has 2 unspecified atom stereocenters. The van der Waals surface area contributed by atoms with Crippen LogP contribution in [0.2, 0.25) is 0 Å². The molecule has 1 aromatic carbocycles. The molecule has 1 saturated heterocycles. The number of methoxy groups -OCH3 is 1. The highest BCUT2D eigenvalue weighted by molar-refractivity contribution is 7.89. The smallest absolute Gasteiger partial charge is 0.246 e. The molecule has 0 amide bonds. The minimum atomic E-state index is -3.58. The van der Waals surface area contributed by atoms with Crippen molar-refractivity contribution in [3.63, 3.8) is 0 Å². The van der Waals surface area contributed by atoms with Gasteiger partial charge in [-0.2, -0.15) is 4.31 Å². The first-order valence-corrected chi connectivity index (χ1v) is 8.37. The van der Waals surface area contributed by atoms with Crippen molar-refractivity contribution in [1.29, 1.82) is 0 Å². The Morgan fingerprint density at radius 2 is 1.81 bits per heavy atom. The third kappa shape index (κ3) is 3.00. The fourth-order valence-corrected chi connectivity index (χ4v) is 4.33. The van der Waals surface area contributed by atoms with Crippen molar-refractivity contribution in [3.05, 3.63) is 18.2 Å². The van der Waals surface area contributed by atoms with Crippen molar-refractivity contribution in [3.8, 4) is 5.75 Å². The van der Waals surface area contributed by atoms with Crippen LogP contribution in [0.15, 0.2) is 23.1 Å². The van der Waals surface area contributed by atoms with Gasteiger partial charge in [0, 0.05) is 36.9 Å². The summed E-state index contributed by atoms with van der Waals surface area (Å²) in [4.78, 5) is 2.36. The fourth-order valence-electron chi connectivity index (χ4n) is 2.59. The highest BCUT2D eigenvalue weighted by Gasteiger charge is 2.35. The molecule has 0 radical (unpaired) electrons. The van der Waals surface area contributed by atoms with Crippen LogP contribution in [0, 0.1) is 0 Å². The number of ether oxygens (including phenoxy) is 1. The van der Waals surface area contributed by atoms with Gasteiger partial charge in [-0.05, 0) is 33.0 Å². The summed E-state index contributed by atoms with van der Waals surface area (Å²) in [6.45, 7) is 4.99. The van der Waals surface area contributed by atoms with Gasteiger partial charge in [0.1, 0.15) is 10.6 Å². The lowest BCUT2D eigenvalue weighted by atomic mass is 10.1. The highest BCUT2D eigenvalue weighted by Crippen LogP contribution is 2.30. The second-order valence-corrected chi connectivity index (χ2v) is 7.50. The largest absolute Gasteiger partial charge is 0.495 e. The average Bonchev–Trinajstić information content (AvgIpc) is 2.43. The van der Waals surface area contributed by atoms with Crippen molar-refractivity contribution in [2.24, 2.45) is 0 Å². The van der Waals surface area contributed by atoms with Crippen LogP contribution < -0.4 is 10.5 Å². The molecular formula is C14H23N3O3S. The Bertz CT molecular complexity index is 606. The van der Waals surface area contributed by atoms with E-state index in [1.807, 2.05) is 20.9 Å². The lowest BCUT2D eigenvalue weighted by molar-refractivity contribution is 0.105. The zero-order valence-corrected chi connectivity index (χ0v) is 13.7. The Morgan fingerprint density at radius 1 is 1.24 bits per heavy atom. The molecule has 1 aromatic rings. The first-order valence-electron chi connectivity index (χ1n) is 6.93. The summed E-state index contributed by atoms with van der Waals surface area (Å²) < 4.78 is 32.4. The normalized spacial score (nSPS) is 25.0. The first kappa shape index (κ1) is 16.1. The van der Waals surface area contributed by atoms with E-state index in [4.69, 9.17) is 10.5 Å². The number of nitrogens with two attached hydrogens (primary N) is 1. The van der Waals surface area contributed by atoms with E-state index in [2.05, 4.69) is 4.90 Å². The van der Waals surface area contributed by atoms with Gasteiger partial charge in [-0.3, -0.25) is 4.90 Å². The predicted octanol–water partition coefficient (Wildman–Crippen LogP) is 0.990. The molecule has 1 fully saturated rings. The van der Waals surface area contributed by atoms with Gasteiger partial charge in [0.15, 0.2) is 0 Å². The average molecular weight is 313 g/mol. The van der Waals surface area contributed by atoms with Gasteiger partial charge in [-0.1, -0.05) is 0 Å². The number of nitrogens with zero attached hydrogens (tertiary/aromatic N) is 2. The quantitative estimate of drug-likeness (QED) is 0.842.